The second-order valence-corrected chi connectivity index (χ2v) is 7.06. The number of hydrogen-bond donors (Lipinski definition) is 2. The van der Waals surface area contributed by atoms with Gasteiger partial charge in [-0.2, -0.15) is 18.3 Å². The van der Waals surface area contributed by atoms with Crippen LogP contribution >= 0.6 is 0 Å². The van der Waals surface area contributed by atoms with Crippen LogP contribution in [0.15, 0.2) is 12.4 Å². The van der Waals surface area contributed by atoms with E-state index in [0.29, 0.717) is 0 Å². The van der Waals surface area contributed by atoms with Crippen LogP contribution in [0.5, 0.6) is 17.4 Å². The van der Waals surface area contributed by atoms with E-state index in [4.69, 9.17) is 14.6 Å². The first-order valence-electron chi connectivity index (χ1n) is 8.74. The second-order valence-electron chi connectivity index (χ2n) is 7.06. The molecule has 0 aromatic carbocycles. The van der Waals surface area contributed by atoms with Gasteiger partial charge in [-0.15, -0.1) is 0 Å². The van der Waals surface area contributed by atoms with Crippen molar-refractivity contribution in [3.63, 3.8) is 0 Å². The lowest BCUT2D eigenvalue weighted by molar-refractivity contribution is -0.140. The quantitative estimate of drug-likeness (QED) is 0.710. The number of nitrogens with zero attached hydrogens (tertiary/aromatic N) is 3. The number of halogens is 3. The number of aromatic carboxylic acids is 1. The Labute approximate surface area is 164 Å². The van der Waals surface area contributed by atoms with Crippen molar-refractivity contribution in [3.05, 3.63) is 29.2 Å². The van der Waals surface area contributed by atoms with E-state index in [-0.39, 0.29) is 30.2 Å². The topological polar surface area (TPSA) is 107 Å². The SMILES string of the molecule is CCc1c(C(=O)O)nn(C(C)(C)C)c1Oc1cncc(OCCO)c1C(F)(F)F. The molecule has 0 saturated heterocycles. The van der Waals surface area contributed by atoms with Crippen LogP contribution < -0.4 is 9.47 Å². The van der Waals surface area contributed by atoms with Crippen LogP contribution in [0.2, 0.25) is 0 Å². The normalized spacial score (nSPS) is 12.1. The first-order valence-corrected chi connectivity index (χ1v) is 8.74. The van der Waals surface area contributed by atoms with Gasteiger partial charge in [-0.25, -0.2) is 9.48 Å². The summed E-state index contributed by atoms with van der Waals surface area (Å²) in [6.07, 6.45) is -2.94. The zero-order chi connectivity index (χ0) is 22.0. The third-order valence-electron chi connectivity index (χ3n) is 3.84. The largest absolute Gasteiger partial charge is 0.489 e. The maximum atomic E-state index is 13.7. The molecular formula is C18H22F3N3O5. The minimum absolute atomic E-state index is 0.121. The highest BCUT2D eigenvalue weighted by Crippen LogP contribution is 2.44. The summed E-state index contributed by atoms with van der Waals surface area (Å²) in [6, 6.07) is 0. The molecule has 0 saturated carbocycles. The fraction of sp³-hybridized carbons (Fsp3) is 0.500. The minimum Gasteiger partial charge on any atom is -0.489 e. The van der Waals surface area contributed by atoms with Crippen LogP contribution in [0.25, 0.3) is 0 Å². The first-order chi connectivity index (χ1) is 13.4. The lowest BCUT2D eigenvalue weighted by Gasteiger charge is -2.23. The maximum absolute atomic E-state index is 13.7. The van der Waals surface area contributed by atoms with Crippen molar-refractivity contribution in [2.24, 2.45) is 0 Å². The summed E-state index contributed by atoms with van der Waals surface area (Å²) in [5, 5.41) is 22.3. The molecule has 2 rings (SSSR count). The van der Waals surface area contributed by atoms with E-state index in [1.165, 1.54) is 4.68 Å². The van der Waals surface area contributed by atoms with E-state index in [0.717, 1.165) is 12.4 Å². The fourth-order valence-corrected chi connectivity index (χ4v) is 2.63. The predicted molar refractivity (Wildman–Crippen MR) is 95.5 cm³/mol. The molecule has 2 aromatic rings. The molecule has 2 aromatic heterocycles. The number of aliphatic hydroxyl groups excluding tert-OH is 1. The number of pyridine rings is 1. The molecule has 0 amide bonds. The van der Waals surface area contributed by atoms with Gasteiger partial charge < -0.3 is 19.7 Å². The van der Waals surface area contributed by atoms with Gasteiger partial charge in [0.1, 0.15) is 12.2 Å². The van der Waals surface area contributed by atoms with E-state index in [1.54, 1.807) is 27.7 Å². The highest BCUT2D eigenvalue weighted by atomic mass is 19.4. The van der Waals surface area contributed by atoms with Gasteiger partial charge in [-0.1, -0.05) is 6.92 Å². The Bertz CT molecular complexity index is 888. The fourth-order valence-electron chi connectivity index (χ4n) is 2.63. The Morgan fingerprint density at radius 1 is 1.21 bits per heavy atom. The van der Waals surface area contributed by atoms with Crippen molar-refractivity contribution in [1.29, 1.82) is 0 Å². The van der Waals surface area contributed by atoms with Crippen molar-refractivity contribution in [3.8, 4) is 17.4 Å². The van der Waals surface area contributed by atoms with Crippen molar-refractivity contribution in [1.82, 2.24) is 14.8 Å². The van der Waals surface area contributed by atoms with E-state index in [1.807, 2.05) is 0 Å². The molecule has 0 bridgehead atoms. The monoisotopic (exact) mass is 417 g/mol. The molecule has 0 aliphatic rings. The van der Waals surface area contributed by atoms with E-state index >= 15 is 0 Å². The summed E-state index contributed by atoms with van der Waals surface area (Å²) in [7, 11) is 0. The molecule has 0 spiro atoms. The van der Waals surface area contributed by atoms with Crippen LogP contribution in [0.1, 0.15) is 49.3 Å². The molecular weight excluding hydrogens is 395 g/mol. The zero-order valence-electron chi connectivity index (χ0n) is 16.4. The van der Waals surface area contributed by atoms with Crippen molar-refractivity contribution >= 4 is 5.97 Å². The average Bonchev–Trinajstić information content (AvgIpc) is 2.97. The Kier molecular flexibility index (Phi) is 6.41. The number of ether oxygens (including phenoxy) is 2. The number of aliphatic hydroxyl groups is 1. The van der Waals surface area contributed by atoms with Crippen LogP contribution in [-0.2, 0) is 18.1 Å². The maximum Gasteiger partial charge on any atom is 0.423 e. The molecule has 0 aliphatic carbocycles. The zero-order valence-corrected chi connectivity index (χ0v) is 16.4. The summed E-state index contributed by atoms with van der Waals surface area (Å²) in [4.78, 5) is 15.3. The lowest BCUT2D eigenvalue weighted by Crippen LogP contribution is -2.24. The Morgan fingerprint density at radius 3 is 2.31 bits per heavy atom. The molecule has 2 N–H and O–H groups in total. The third kappa shape index (κ3) is 4.78. The standard InChI is InChI=1S/C18H22F3N3O5/c1-5-10-14(16(26)27)23-24(17(2,3)4)15(10)29-12-9-22-8-11(28-7-6-25)13(12)18(19,20)21/h8-9,25H,5-7H2,1-4H3,(H,26,27). The Hall–Kier alpha value is -2.82. The number of hydrogen-bond acceptors (Lipinski definition) is 6. The highest BCUT2D eigenvalue weighted by Gasteiger charge is 2.40. The number of alkyl halides is 3. The van der Waals surface area contributed by atoms with Gasteiger partial charge in [-0.05, 0) is 27.2 Å². The summed E-state index contributed by atoms with van der Waals surface area (Å²) in [5.41, 5.74) is -2.14. The number of carbonyl (C=O) groups is 1. The van der Waals surface area contributed by atoms with Crippen molar-refractivity contribution in [2.45, 2.75) is 45.8 Å². The van der Waals surface area contributed by atoms with E-state index in [2.05, 4.69) is 10.1 Å². The molecule has 160 valence electrons. The van der Waals surface area contributed by atoms with Crippen LogP contribution in [0.3, 0.4) is 0 Å². The van der Waals surface area contributed by atoms with E-state index in [9.17, 15) is 23.1 Å². The molecule has 0 aliphatic heterocycles. The smallest absolute Gasteiger partial charge is 0.423 e. The molecule has 11 heteroatoms. The molecule has 0 radical (unpaired) electrons. The molecule has 2 heterocycles. The number of carboxylic acid groups (broad SMARTS) is 1. The Balaban J connectivity index is 2.69. The molecule has 0 atom stereocenters. The van der Waals surface area contributed by atoms with Gasteiger partial charge in [0.05, 0.1) is 24.5 Å². The predicted octanol–water partition coefficient (Wildman–Crippen LogP) is 3.48. The van der Waals surface area contributed by atoms with Crippen molar-refractivity contribution < 1.29 is 37.7 Å². The van der Waals surface area contributed by atoms with Crippen LogP contribution in [0.4, 0.5) is 13.2 Å². The average molecular weight is 417 g/mol. The molecule has 8 nitrogen and oxygen atoms in total. The summed E-state index contributed by atoms with van der Waals surface area (Å²) in [5.74, 6) is -2.71. The second kappa shape index (κ2) is 8.27. The van der Waals surface area contributed by atoms with Crippen LogP contribution in [-0.4, -0.2) is 44.2 Å². The molecule has 0 unspecified atom stereocenters. The number of rotatable bonds is 7. The summed E-state index contributed by atoms with van der Waals surface area (Å²) >= 11 is 0. The van der Waals surface area contributed by atoms with Crippen LogP contribution in [0, 0.1) is 0 Å². The van der Waals surface area contributed by atoms with Gasteiger partial charge in [0.25, 0.3) is 0 Å². The highest BCUT2D eigenvalue weighted by molar-refractivity contribution is 5.88. The minimum atomic E-state index is -4.85. The molecule has 29 heavy (non-hydrogen) atoms. The van der Waals surface area contributed by atoms with Gasteiger partial charge in [0.2, 0.25) is 5.88 Å². The lowest BCUT2D eigenvalue weighted by atomic mass is 10.1. The number of carboxylic acids is 1. The van der Waals surface area contributed by atoms with Gasteiger partial charge in [-0.3, -0.25) is 4.98 Å². The van der Waals surface area contributed by atoms with Crippen molar-refractivity contribution in [2.75, 3.05) is 13.2 Å². The number of aromatic nitrogens is 3. The molecule has 0 fully saturated rings. The van der Waals surface area contributed by atoms with Gasteiger partial charge in [0, 0.05) is 5.56 Å². The summed E-state index contributed by atoms with van der Waals surface area (Å²) < 4.78 is 52.9. The van der Waals surface area contributed by atoms with Gasteiger partial charge in [0.15, 0.2) is 17.2 Å². The third-order valence-corrected chi connectivity index (χ3v) is 3.84. The Morgan fingerprint density at radius 2 is 1.83 bits per heavy atom. The van der Waals surface area contributed by atoms with Gasteiger partial charge >= 0.3 is 12.1 Å². The first kappa shape index (κ1) is 22.5. The summed E-state index contributed by atoms with van der Waals surface area (Å²) in [6.45, 7) is 5.93. The van der Waals surface area contributed by atoms with E-state index < -0.39 is 41.4 Å².